The average molecular weight is 338 g/mol. The summed E-state index contributed by atoms with van der Waals surface area (Å²) in [5, 5.41) is 8.53. The van der Waals surface area contributed by atoms with Crippen molar-refractivity contribution in [3.05, 3.63) is 70.6 Å². The van der Waals surface area contributed by atoms with Crippen LogP contribution in [0.25, 0.3) is 10.6 Å². The van der Waals surface area contributed by atoms with Crippen LogP contribution in [0.4, 0.5) is 5.69 Å². The van der Waals surface area contributed by atoms with Crippen molar-refractivity contribution in [3.63, 3.8) is 0 Å². The largest absolute Gasteiger partial charge is 0.320 e. The maximum atomic E-state index is 12.5. The van der Waals surface area contributed by atoms with Gasteiger partial charge in [0.1, 0.15) is 18.2 Å². The van der Waals surface area contributed by atoms with E-state index < -0.39 is 11.5 Å². The molecule has 9 heteroatoms. The quantitative estimate of drug-likeness (QED) is 0.612. The lowest BCUT2D eigenvalue weighted by Gasteiger charge is -2.10. The maximum absolute atomic E-state index is 12.5. The van der Waals surface area contributed by atoms with Gasteiger partial charge in [-0.1, -0.05) is 12.1 Å². The van der Waals surface area contributed by atoms with Crippen molar-refractivity contribution >= 4 is 27.9 Å². The molecule has 0 aliphatic rings. The third-order valence-electron chi connectivity index (χ3n) is 3.41. The molecule has 118 valence electrons. The maximum Gasteiger partial charge on any atom is 0.271 e. The van der Waals surface area contributed by atoms with E-state index >= 15 is 0 Å². The third kappa shape index (κ3) is 2.36. The normalized spacial score (nSPS) is 10.8. The third-order valence-corrected chi connectivity index (χ3v) is 4.18. The van der Waals surface area contributed by atoms with Crippen molar-refractivity contribution in [1.29, 1.82) is 0 Å². The van der Waals surface area contributed by atoms with Crippen LogP contribution in [0.2, 0.25) is 0 Å². The second-order valence-electron chi connectivity index (χ2n) is 4.84. The zero-order chi connectivity index (χ0) is 16.5. The molecule has 3 aromatic heterocycles. The van der Waals surface area contributed by atoms with Crippen LogP contribution in [0.3, 0.4) is 0 Å². The van der Waals surface area contributed by atoms with E-state index in [-0.39, 0.29) is 5.56 Å². The molecular formula is C15H10N6O2S. The molecule has 3 heterocycles. The summed E-state index contributed by atoms with van der Waals surface area (Å²) in [4.78, 5) is 33.5. The molecule has 4 aromatic rings. The lowest BCUT2D eigenvalue weighted by molar-refractivity contribution is 0.102. The fourth-order valence-corrected chi connectivity index (χ4v) is 2.96. The summed E-state index contributed by atoms with van der Waals surface area (Å²) in [6.45, 7) is 0. The number of nitrogens with one attached hydrogen (secondary N) is 1. The van der Waals surface area contributed by atoms with Gasteiger partial charge in [0.05, 0.1) is 11.4 Å². The van der Waals surface area contributed by atoms with Gasteiger partial charge in [-0.25, -0.2) is 14.6 Å². The Morgan fingerprint density at radius 2 is 2.12 bits per heavy atom. The van der Waals surface area contributed by atoms with Gasteiger partial charge in [-0.15, -0.1) is 11.3 Å². The van der Waals surface area contributed by atoms with Gasteiger partial charge in [0.15, 0.2) is 4.96 Å². The monoisotopic (exact) mass is 338 g/mol. The minimum Gasteiger partial charge on any atom is -0.320 e. The van der Waals surface area contributed by atoms with Crippen LogP contribution in [0.1, 0.15) is 10.4 Å². The second kappa shape index (κ2) is 5.70. The second-order valence-corrected chi connectivity index (χ2v) is 5.72. The van der Waals surface area contributed by atoms with Crippen LogP contribution < -0.4 is 10.9 Å². The number of amides is 1. The van der Waals surface area contributed by atoms with Crippen molar-refractivity contribution in [2.75, 3.05) is 5.32 Å². The molecule has 0 fully saturated rings. The Bertz CT molecular complexity index is 1080. The molecule has 0 spiro atoms. The standard InChI is InChI=1S/C15H10N6O2S/c22-13(10-7-17-15-20(14(10)23)5-6-24-15)19-11-3-1-2-4-12(11)21-9-16-8-18-21/h1-9H,(H,19,22). The number of carbonyl (C=O) groups is 1. The van der Waals surface area contributed by atoms with E-state index in [4.69, 9.17) is 0 Å². The predicted octanol–water partition coefficient (Wildman–Crippen LogP) is 1.59. The fraction of sp³-hybridized carbons (Fsp3) is 0. The molecule has 8 nitrogen and oxygen atoms in total. The highest BCUT2D eigenvalue weighted by atomic mass is 32.1. The molecule has 0 radical (unpaired) electrons. The average Bonchev–Trinajstić information content (AvgIpc) is 3.27. The Labute approximate surface area is 139 Å². The van der Waals surface area contributed by atoms with Crippen molar-refractivity contribution < 1.29 is 4.79 Å². The summed E-state index contributed by atoms with van der Waals surface area (Å²) in [5.74, 6) is -0.527. The van der Waals surface area contributed by atoms with Gasteiger partial charge in [0.2, 0.25) is 0 Å². The predicted molar refractivity (Wildman–Crippen MR) is 88.7 cm³/mol. The van der Waals surface area contributed by atoms with Crippen LogP contribution in [-0.2, 0) is 0 Å². The molecule has 0 aliphatic carbocycles. The Hall–Kier alpha value is -3.33. The van der Waals surface area contributed by atoms with Gasteiger partial charge < -0.3 is 5.32 Å². The number of hydrogen-bond donors (Lipinski definition) is 1. The SMILES string of the molecule is O=C(Nc1ccccc1-n1cncn1)c1cnc2sccn2c1=O. The Morgan fingerprint density at radius 3 is 2.96 bits per heavy atom. The van der Waals surface area contributed by atoms with Crippen molar-refractivity contribution in [2.45, 2.75) is 0 Å². The van der Waals surface area contributed by atoms with E-state index in [0.717, 1.165) is 0 Å². The van der Waals surface area contributed by atoms with E-state index in [9.17, 15) is 9.59 Å². The summed E-state index contributed by atoms with van der Waals surface area (Å²) < 4.78 is 2.88. The van der Waals surface area contributed by atoms with E-state index in [1.165, 1.54) is 39.3 Å². The van der Waals surface area contributed by atoms with Crippen LogP contribution in [0, 0.1) is 0 Å². The molecule has 0 bridgehead atoms. The molecule has 1 N–H and O–H groups in total. The molecule has 1 aromatic carbocycles. The summed E-state index contributed by atoms with van der Waals surface area (Å²) in [6, 6.07) is 7.12. The lowest BCUT2D eigenvalue weighted by atomic mass is 10.2. The van der Waals surface area contributed by atoms with Gasteiger partial charge in [-0.05, 0) is 12.1 Å². The first-order chi connectivity index (χ1) is 11.7. The first kappa shape index (κ1) is 14.3. The van der Waals surface area contributed by atoms with Crippen LogP contribution >= 0.6 is 11.3 Å². The molecule has 0 atom stereocenters. The number of para-hydroxylation sites is 2. The zero-order valence-electron chi connectivity index (χ0n) is 12.2. The van der Waals surface area contributed by atoms with Gasteiger partial charge in [-0.2, -0.15) is 5.10 Å². The summed E-state index contributed by atoms with van der Waals surface area (Å²) in [5.41, 5.74) is 0.729. The van der Waals surface area contributed by atoms with Crippen molar-refractivity contribution in [1.82, 2.24) is 24.1 Å². The number of fused-ring (bicyclic) bond motifs is 1. The molecule has 0 aliphatic heterocycles. The number of nitrogens with zero attached hydrogens (tertiary/aromatic N) is 5. The van der Waals surface area contributed by atoms with Crippen molar-refractivity contribution in [2.24, 2.45) is 0 Å². The van der Waals surface area contributed by atoms with Gasteiger partial charge >= 0.3 is 0 Å². The van der Waals surface area contributed by atoms with E-state index in [1.807, 2.05) is 6.07 Å². The summed E-state index contributed by atoms with van der Waals surface area (Å²) in [7, 11) is 0. The Balaban J connectivity index is 1.72. The van der Waals surface area contributed by atoms with Crippen molar-refractivity contribution in [3.8, 4) is 5.69 Å². The summed E-state index contributed by atoms with van der Waals surface area (Å²) in [6.07, 6.45) is 5.81. The molecule has 4 rings (SSSR count). The fourth-order valence-electron chi connectivity index (χ4n) is 2.28. The van der Waals surface area contributed by atoms with E-state index in [2.05, 4.69) is 20.4 Å². The number of thiazole rings is 1. The number of benzene rings is 1. The number of rotatable bonds is 3. The number of carbonyl (C=O) groups excluding carboxylic acids is 1. The minimum absolute atomic E-state index is 0.0284. The topological polar surface area (TPSA) is 94.2 Å². The van der Waals surface area contributed by atoms with Crippen LogP contribution in [0.5, 0.6) is 0 Å². The first-order valence-corrected chi connectivity index (χ1v) is 7.82. The Kier molecular flexibility index (Phi) is 3.39. The van der Waals surface area contributed by atoms with E-state index in [0.29, 0.717) is 16.3 Å². The van der Waals surface area contributed by atoms with E-state index in [1.54, 1.807) is 29.8 Å². The number of aromatic nitrogens is 5. The highest BCUT2D eigenvalue weighted by molar-refractivity contribution is 7.15. The van der Waals surface area contributed by atoms with Gasteiger partial charge in [-0.3, -0.25) is 14.0 Å². The lowest BCUT2D eigenvalue weighted by Crippen LogP contribution is -2.26. The smallest absolute Gasteiger partial charge is 0.271 e. The highest BCUT2D eigenvalue weighted by Gasteiger charge is 2.16. The minimum atomic E-state index is -0.527. The molecule has 0 saturated heterocycles. The van der Waals surface area contributed by atoms with Gasteiger partial charge in [0, 0.05) is 17.8 Å². The highest BCUT2D eigenvalue weighted by Crippen LogP contribution is 2.19. The van der Waals surface area contributed by atoms with Crippen LogP contribution in [-0.4, -0.2) is 30.1 Å². The number of anilines is 1. The molecule has 0 saturated carbocycles. The van der Waals surface area contributed by atoms with Gasteiger partial charge in [0.25, 0.3) is 11.5 Å². The summed E-state index contributed by atoms with van der Waals surface area (Å²) >= 11 is 1.33. The molecule has 24 heavy (non-hydrogen) atoms. The first-order valence-electron chi connectivity index (χ1n) is 6.94. The number of hydrogen-bond acceptors (Lipinski definition) is 6. The Morgan fingerprint density at radius 1 is 1.25 bits per heavy atom. The molecular weight excluding hydrogens is 328 g/mol. The molecule has 0 unspecified atom stereocenters. The zero-order valence-corrected chi connectivity index (χ0v) is 13.0. The van der Waals surface area contributed by atoms with Crippen LogP contribution in [0.15, 0.2) is 59.5 Å². The molecule has 1 amide bonds.